The van der Waals surface area contributed by atoms with Gasteiger partial charge in [-0.2, -0.15) is 13.2 Å². The van der Waals surface area contributed by atoms with Crippen molar-refractivity contribution in [3.05, 3.63) is 59.1 Å². The lowest BCUT2D eigenvalue weighted by atomic mass is 10.0. The van der Waals surface area contributed by atoms with E-state index in [0.29, 0.717) is 30.9 Å². The van der Waals surface area contributed by atoms with Crippen LogP contribution < -0.4 is 10.2 Å². The number of aryl methyl sites for hydroxylation is 1. The molecule has 0 saturated carbocycles. The van der Waals surface area contributed by atoms with E-state index in [1.54, 1.807) is 24.1 Å². The summed E-state index contributed by atoms with van der Waals surface area (Å²) >= 11 is 0. The first kappa shape index (κ1) is 20.0. The van der Waals surface area contributed by atoms with Gasteiger partial charge in [0, 0.05) is 39.9 Å². The van der Waals surface area contributed by atoms with E-state index in [1.165, 1.54) is 6.08 Å². The second-order valence-electron chi connectivity index (χ2n) is 6.62. The first-order chi connectivity index (χ1) is 13.3. The van der Waals surface area contributed by atoms with Crippen LogP contribution in [0.5, 0.6) is 0 Å². The highest BCUT2D eigenvalue weighted by Gasteiger charge is 2.33. The highest BCUT2D eigenvalue weighted by atomic mass is 19.4. The average Bonchev–Trinajstić information content (AvgIpc) is 2.96. The summed E-state index contributed by atoms with van der Waals surface area (Å²) in [5, 5.41) is 3.20. The van der Waals surface area contributed by atoms with Crippen molar-refractivity contribution < 1.29 is 20.8 Å². The lowest BCUT2D eigenvalue weighted by molar-refractivity contribution is -0.137. The maximum atomic E-state index is 13.5. The highest BCUT2D eigenvalue weighted by molar-refractivity contribution is 6.09. The number of carbonyl (C=O) groups excluding carboxylic acids is 1. The van der Waals surface area contributed by atoms with Crippen LogP contribution >= 0.6 is 0 Å². The van der Waals surface area contributed by atoms with Gasteiger partial charge in [0.2, 0.25) is 5.78 Å². The Balaban J connectivity index is 0.00000225. The zero-order valence-corrected chi connectivity index (χ0v) is 15.5. The Morgan fingerprint density at radius 1 is 1.29 bits per heavy atom. The van der Waals surface area contributed by atoms with E-state index in [0.717, 1.165) is 25.1 Å². The second kappa shape index (κ2) is 8.10. The number of hydrogen-bond donors (Lipinski definition) is 1. The molecule has 1 saturated heterocycles. The molecule has 152 valence electrons. The normalized spacial score (nSPS) is 15.2. The van der Waals surface area contributed by atoms with E-state index in [9.17, 15) is 18.0 Å². The molecule has 0 aliphatic carbocycles. The van der Waals surface area contributed by atoms with Crippen LogP contribution in [0.25, 0.3) is 6.08 Å². The number of pyridine rings is 2. The average molecular weight is 394 g/mol. The molecule has 2 aromatic heterocycles. The van der Waals surface area contributed by atoms with Gasteiger partial charge in [-0.05, 0) is 43.7 Å². The standard InChI is InChI=1S/C20H21F3N4O.2H2/c1-3-14-9-16(13(2)25-12-14)19(28)17-10-15(20(21,22)23)11-18(26-17)27-7-4-5-24-6-8-27;;/h3,9-12,24H,1,4-8H2,2H3;2*1H. The van der Waals surface area contributed by atoms with Crippen LogP contribution in [0.1, 0.15) is 42.1 Å². The first-order valence-corrected chi connectivity index (χ1v) is 8.98. The molecule has 0 atom stereocenters. The Labute approximate surface area is 164 Å². The van der Waals surface area contributed by atoms with Gasteiger partial charge < -0.3 is 10.2 Å². The molecule has 5 nitrogen and oxygen atoms in total. The number of aromatic nitrogens is 2. The third-order valence-electron chi connectivity index (χ3n) is 4.62. The summed E-state index contributed by atoms with van der Waals surface area (Å²) in [6.45, 7) is 7.80. The summed E-state index contributed by atoms with van der Waals surface area (Å²) in [6.07, 6.45) is -0.717. The van der Waals surface area contributed by atoms with Crippen LogP contribution in [-0.2, 0) is 6.18 Å². The molecule has 0 unspecified atom stereocenters. The fourth-order valence-electron chi connectivity index (χ4n) is 3.06. The van der Waals surface area contributed by atoms with E-state index in [-0.39, 0.29) is 19.9 Å². The number of nitrogens with zero attached hydrogens (tertiary/aromatic N) is 3. The van der Waals surface area contributed by atoms with Gasteiger partial charge in [0.1, 0.15) is 11.5 Å². The maximum Gasteiger partial charge on any atom is 0.416 e. The van der Waals surface area contributed by atoms with Crippen molar-refractivity contribution in [2.45, 2.75) is 19.5 Å². The lowest BCUT2D eigenvalue weighted by Gasteiger charge is -2.23. The summed E-state index contributed by atoms with van der Waals surface area (Å²) < 4.78 is 40.4. The second-order valence-corrected chi connectivity index (χ2v) is 6.62. The molecule has 0 aromatic carbocycles. The van der Waals surface area contributed by atoms with Gasteiger partial charge in [0.15, 0.2) is 0 Å². The minimum Gasteiger partial charge on any atom is -0.355 e. The van der Waals surface area contributed by atoms with Gasteiger partial charge >= 0.3 is 6.18 Å². The van der Waals surface area contributed by atoms with Crippen molar-refractivity contribution in [3.63, 3.8) is 0 Å². The van der Waals surface area contributed by atoms with Crippen LogP contribution in [0, 0.1) is 6.92 Å². The molecule has 28 heavy (non-hydrogen) atoms. The van der Waals surface area contributed by atoms with Crippen LogP contribution in [0.2, 0.25) is 0 Å². The van der Waals surface area contributed by atoms with Gasteiger partial charge in [-0.25, -0.2) is 4.98 Å². The quantitative estimate of drug-likeness (QED) is 0.796. The maximum absolute atomic E-state index is 13.5. The van der Waals surface area contributed by atoms with E-state index < -0.39 is 17.5 Å². The smallest absolute Gasteiger partial charge is 0.355 e. The fourth-order valence-corrected chi connectivity index (χ4v) is 3.06. The van der Waals surface area contributed by atoms with Crippen molar-refractivity contribution in [1.29, 1.82) is 0 Å². The third kappa shape index (κ3) is 4.39. The number of carbonyl (C=O) groups is 1. The molecule has 1 fully saturated rings. The lowest BCUT2D eigenvalue weighted by Crippen LogP contribution is -2.29. The monoisotopic (exact) mass is 394 g/mol. The van der Waals surface area contributed by atoms with Gasteiger partial charge in [0.05, 0.1) is 5.56 Å². The van der Waals surface area contributed by atoms with Crippen molar-refractivity contribution >= 4 is 17.7 Å². The van der Waals surface area contributed by atoms with Crippen molar-refractivity contribution in [2.75, 3.05) is 31.1 Å². The van der Waals surface area contributed by atoms with E-state index in [2.05, 4.69) is 21.9 Å². The Hall–Kier alpha value is -2.74. The van der Waals surface area contributed by atoms with Crippen LogP contribution in [0.15, 0.2) is 31.0 Å². The Morgan fingerprint density at radius 2 is 2.07 bits per heavy atom. The molecule has 8 heteroatoms. The zero-order chi connectivity index (χ0) is 20.3. The topological polar surface area (TPSA) is 58.1 Å². The summed E-state index contributed by atoms with van der Waals surface area (Å²) in [6, 6.07) is 3.38. The van der Waals surface area contributed by atoms with Gasteiger partial charge in [0.25, 0.3) is 0 Å². The van der Waals surface area contributed by atoms with E-state index in [1.807, 2.05) is 0 Å². The Morgan fingerprint density at radius 3 is 2.79 bits per heavy atom. The Bertz CT molecular complexity index is 898. The highest BCUT2D eigenvalue weighted by Crippen LogP contribution is 2.32. The minimum atomic E-state index is -4.58. The number of hydrogen-bond acceptors (Lipinski definition) is 5. The summed E-state index contributed by atoms with van der Waals surface area (Å²) in [5.41, 5.74) is 0.125. The molecule has 1 aliphatic rings. The van der Waals surface area contributed by atoms with Crippen molar-refractivity contribution in [2.24, 2.45) is 0 Å². The molecule has 3 heterocycles. The largest absolute Gasteiger partial charge is 0.416 e. The van der Waals surface area contributed by atoms with E-state index >= 15 is 0 Å². The fraction of sp³-hybridized carbons (Fsp3) is 0.350. The van der Waals surface area contributed by atoms with Gasteiger partial charge in [-0.1, -0.05) is 12.7 Å². The number of rotatable bonds is 4. The predicted molar refractivity (Wildman–Crippen MR) is 106 cm³/mol. The van der Waals surface area contributed by atoms with Crippen molar-refractivity contribution in [1.82, 2.24) is 15.3 Å². The van der Waals surface area contributed by atoms with E-state index in [4.69, 9.17) is 0 Å². The summed E-state index contributed by atoms with van der Waals surface area (Å²) in [7, 11) is 0. The SMILES string of the molecule is C=Cc1cnc(C)c(C(=O)c2cc(C(F)(F)F)cc(N3CCCNCC3)n2)c1.[HH].[HH]. The molecule has 0 amide bonds. The molecule has 0 spiro atoms. The third-order valence-corrected chi connectivity index (χ3v) is 4.62. The zero-order valence-electron chi connectivity index (χ0n) is 15.5. The minimum absolute atomic E-state index is 0. The molecular weight excluding hydrogens is 369 g/mol. The van der Waals surface area contributed by atoms with Gasteiger partial charge in [-0.15, -0.1) is 0 Å². The molecular formula is C20H25F3N4O. The van der Waals surface area contributed by atoms with Gasteiger partial charge in [-0.3, -0.25) is 9.78 Å². The molecule has 3 rings (SSSR count). The molecule has 1 aliphatic heterocycles. The number of ketones is 1. The summed E-state index contributed by atoms with van der Waals surface area (Å²) in [4.78, 5) is 23.2. The summed E-state index contributed by atoms with van der Waals surface area (Å²) in [5.74, 6) is -0.429. The van der Waals surface area contributed by atoms with Crippen LogP contribution in [-0.4, -0.2) is 41.9 Å². The predicted octanol–water partition coefficient (Wildman–Crippen LogP) is 3.97. The molecule has 2 aromatic rings. The Kier molecular flexibility index (Phi) is 5.79. The first-order valence-electron chi connectivity index (χ1n) is 8.98. The number of anilines is 1. The van der Waals surface area contributed by atoms with Crippen LogP contribution in [0.4, 0.5) is 19.0 Å². The number of alkyl halides is 3. The number of nitrogens with one attached hydrogen (secondary N) is 1. The number of halogens is 3. The van der Waals surface area contributed by atoms with Crippen LogP contribution in [0.3, 0.4) is 0 Å². The molecule has 0 radical (unpaired) electrons. The molecule has 1 N–H and O–H groups in total. The molecule has 0 bridgehead atoms. The van der Waals surface area contributed by atoms with Crippen molar-refractivity contribution in [3.8, 4) is 0 Å².